The fourth-order valence-electron chi connectivity index (χ4n) is 2.85. The second-order valence-electron chi connectivity index (χ2n) is 5.56. The van der Waals surface area contributed by atoms with E-state index in [4.69, 9.17) is 0 Å². The molecule has 1 heterocycles. The molecule has 1 aliphatic rings. The van der Waals surface area contributed by atoms with Crippen molar-refractivity contribution in [2.24, 2.45) is 11.3 Å². The zero-order valence-electron chi connectivity index (χ0n) is 11.8. The molecular formula is C14H30N2O. The van der Waals surface area contributed by atoms with Crippen LogP contribution in [-0.4, -0.2) is 49.3 Å². The Hall–Kier alpha value is -0.120. The van der Waals surface area contributed by atoms with Crippen LogP contribution in [0.3, 0.4) is 0 Å². The van der Waals surface area contributed by atoms with E-state index in [-0.39, 0.29) is 0 Å². The highest BCUT2D eigenvalue weighted by atomic mass is 16.3. The van der Waals surface area contributed by atoms with Gasteiger partial charge in [0.15, 0.2) is 0 Å². The first kappa shape index (κ1) is 14.9. The van der Waals surface area contributed by atoms with Gasteiger partial charge in [-0.25, -0.2) is 0 Å². The molecule has 1 aliphatic heterocycles. The fourth-order valence-corrected chi connectivity index (χ4v) is 2.85. The minimum absolute atomic E-state index is 0.356. The van der Waals surface area contributed by atoms with Crippen LogP contribution < -0.4 is 5.32 Å². The van der Waals surface area contributed by atoms with Gasteiger partial charge in [-0.1, -0.05) is 20.8 Å². The number of nitrogens with zero attached hydrogens (tertiary/aromatic N) is 1. The number of aliphatic hydroxyl groups is 1. The largest absolute Gasteiger partial charge is 0.396 e. The van der Waals surface area contributed by atoms with Crippen molar-refractivity contribution in [2.45, 2.75) is 40.0 Å². The van der Waals surface area contributed by atoms with Gasteiger partial charge in [0.05, 0.1) is 0 Å². The molecule has 0 aliphatic carbocycles. The Bertz CT molecular complexity index is 204. The quantitative estimate of drug-likeness (QED) is 0.680. The molecule has 1 rings (SSSR count). The Kier molecular flexibility index (Phi) is 6.45. The van der Waals surface area contributed by atoms with Crippen LogP contribution in [-0.2, 0) is 0 Å². The summed E-state index contributed by atoms with van der Waals surface area (Å²) in [6.45, 7) is 12.8. The molecule has 0 aromatic rings. The first-order valence-electron chi connectivity index (χ1n) is 7.23. The average molecular weight is 242 g/mol. The number of hydrogen-bond donors (Lipinski definition) is 2. The second-order valence-corrected chi connectivity index (χ2v) is 5.56. The van der Waals surface area contributed by atoms with Gasteiger partial charge in [0.25, 0.3) is 0 Å². The molecule has 0 amide bonds. The maximum atomic E-state index is 9.20. The van der Waals surface area contributed by atoms with Crippen LogP contribution in [0.15, 0.2) is 0 Å². The molecule has 1 atom stereocenters. The van der Waals surface area contributed by atoms with Crippen LogP contribution in [0.25, 0.3) is 0 Å². The van der Waals surface area contributed by atoms with Crippen molar-refractivity contribution in [3.8, 4) is 0 Å². The minimum Gasteiger partial charge on any atom is -0.396 e. The zero-order chi connectivity index (χ0) is 12.7. The molecule has 0 aromatic carbocycles. The lowest BCUT2D eigenvalue weighted by atomic mass is 9.81. The Morgan fingerprint density at radius 3 is 2.47 bits per heavy atom. The third-order valence-electron chi connectivity index (χ3n) is 4.44. The van der Waals surface area contributed by atoms with Crippen LogP contribution in [0.5, 0.6) is 0 Å². The molecule has 102 valence electrons. The molecule has 1 saturated heterocycles. The Labute approximate surface area is 107 Å². The summed E-state index contributed by atoms with van der Waals surface area (Å²) in [7, 11) is 0. The predicted molar refractivity (Wildman–Crippen MR) is 73.2 cm³/mol. The summed E-state index contributed by atoms with van der Waals surface area (Å²) < 4.78 is 0. The van der Waals surface area contributed by atoms with Gasteiger partial charge in [-0.3, -0.25) is 0 Å². The van der Waals surface area contributed by atoms with Crippen molar-refractivity contribution in [3.05, 3.63) is 0 Å². The van der Waals surface area contributed by atoms with Gasteiger partial charge in [-0.2, -0.15) is 0 Å². The molecule has 1 unspecified atom stereocenters. The first-order chi connectivity index (χ1) is 8.19. The van der Waals surface area contributed by atoms with E-state index in [1.807, 2.05) is 0 Å². The highest BCUT2D eigenvalue weighted by molar-refractivity contribution is 4.86. The van der Waals surface area contributed by atoms with E-state index in [1.165, 1.54) is 32.4 Å². The molecular weight excluding hydrogens is 212 g/mol. The van der Waals surface area contributed by atoms with Gasteiger partial charge in [0, 0.05) is 26.2 Å². The Morgan fingerprint density at radius 1 is 1.29 bits per heavy atom. The standard InChI is InChI=1S/C14H30N2O/c1-4-14(5-2,11-15-6-3)12-16-8-7-13(9-16)10-17/h13,15,17H,4-12H2,1-3H3. The maximum Gasteiger partial charge on any atom is 0.0471 e. The fraction of sp³-hybridized carbons (Fsp3) is 1.00. The number of likely N-dealkylation sites (tertiary alicyclic amines) is 1. The van der Waals surface area contributed by atoms with Gasteiger partial charge >= 0.3 is 0 Å². The molecule has 0 saturated carbocycles. The van der Waals surface area contributed by atoms with Gasteiger partial charge in [0.1, 0.15) is 0 Å². The summed E-state index contributed by atoms with van der Waals surface area (Å²) in [4.78, 5) is 2.55. The van der Waals surface area contributed by atoms with E-state index in [0.717, 1.165) is 19.6 Å². The van der Waals surface area contributed by atoms with Crippen molar-refractivity contribution < 1.29 is 5.11 Å². The number of nitrogens with one attached hydrogen (secondary N) is 1. The second kappa shape index (κ2) is 7.34. The summed E-state index contributed by atoms with van der Waals surface area (Å²) in [6.07, 6.45) is 3.63. The lowest BCUT2D eigenvalue weighted by molar-refractivity contribution is 0.145. The van der Waals surface area contributed by atoms with Gasteiger partial charge < -0.3 is 15.3 Å². The van der Waals surface area contributed by atoms with E-state index >= 15 is 0 Å². The Morgan fingerprint density at radius 2 is 2.00 bits per heavy atom. The van der Waals surface area contributed by atoms with Crippen molar-refractivity contribution in [1.82, 2.24) is 10.2 Å². The topological polar surface area (TPSA) is 35.5 Å². The SMILES string of the molecule is CCNCC(CC)(CC)CN1CCC(CO)C1. The lowest BCUT2D eigenvalue weighted by Crippen LogP contribution is -2.43. The molecule has 1 fully saturated rings. The number of hydrogen-bond acceptors (Lipinski definition) is 3. The maximum absolute atomic E-state index is 9.20. The summed E-state index contributed by atoms with van der Waals surface area (Å²) in [5.41, 5.74) is 0.417. The van der Waals surface area contributed by atoms with E-state index in [1.54, 1.807) is 0 Å². The molecule has 3 heteroatoms. The van der Waals surface area contributed by atoms with Crippen molar-refractivity contribution >= 4 is 0 Å². The lowest BCUT2D eigenvalue weighted by Gasteiger charge is -2.36. The van der Waals surface area contributed by atoms with Gasteiger partial charge in [-0.15, -0.1) is 0 Å². The number of rotatable bonds is 8. The van der Waals surface area contributed by atoms with Crippen LogP contribution in [0, 0.1) is 11.3 Å². The van der Waals surface area contributed by atoms with Crippen LogP contribution in [0.1, 0.15) is 40.0 Å². The van der Waals surface area contributed by atoms with Crippen LogP contribution in [0.2, 0.25) is 0 Å². The van der Waals surface area contributed by atoms with Crippen molar-refractivity contribution in [2.75, 3.05) is 39.3 Å². The average Bonchev–Trinajstić information content (AvgIpc) is 2.82. The molecule has 0 radical (unpaired) electrons. The predicted octanol–water partition coefficient (Wildman–Crippen LogP) is 1.72. The van der Waals surface area contributed by atoms with E-state index in [2.05, 4.69) is 31.0 Å². The normalized spacial score (nSPS) is 22.2. The third kappa shape index (κ3) is 4.23. The van der Waals surface area contributed by atoms with Crippen molar-refractivity contribution in [3.63, 3.8) is 0 Å². The monoisotopic (exact) mass is 242 g/mol. The molecule has 17 heavy (non-hydrogen) atoms. The smallest absolute Gasteiger partial charge is 0.0471 e. The minimum atomic E-state index is 0.356. The zero-order valence-corrected chi connectivity index (χ0v) is 11.8. The summed E-state index contributed by atoms with van der Waals surface area (Å²) in [5, 5.41) is 12.7. The summed E-state index contributed by atoms with van der Waals surface area (Å²) in [6, 6.07) is 0. The van der Waals surface area contributed by atoms with Gasteiger partial charge in [-0.05, 0) is 43.7 Å². The highest BCUT2D eigenvalue weighted by Crippen LogP contribution is 2.29. The van der Waals surface area contributed by atoms with Gasteiger partial charge in [0.2, 0.25) is 0 Å². The molecule has 2 N–H and O–H groups in total. The van der Waals surface area contributed by atoms with Crippen molar-refractivity contribution in [1.29, 1.82) is 0 Å². The first-order valence-corrected chi connectivity index (χ1v) is 7.23. The van der Waals surface area contributed by atoms with E-state index in [0.29, 0.717) is 17.9 Å². The van der Waals surface area contributed by atoms with E-state index in [9.17, 15) is 5.11 Å². The Balaban J connectivity index is 2.48. The number of aliphatic hydroxyl groups excluding tert-OH is 1. The summed E-state index contributed by atoms with van der Waals surface area (Å²) in [5.74, 6) is 0.514. The van der Waals surface area contributed by atoms with E-state index < -0.39 is 0 Å². The molecule has 0 aromatic heterocycles. The highest BCUT2D eigenvalue weighted by Gasteiger charge is 2.31. The summed E-state index contributed by atoms with van der Waals surface area (Å²) >= 11 is 0. The molecule has 3 nitrogen and oxygen atoms in total. The molecule has 0 spiro atoms. The molecule has 0 bridgehead atoms. The van der Waals surface area contributed by atoms with Crippen LogP contribution >= 0.6 is 0 Å². The van der Waals surface area contributed by atoms with Crippen LogP contribution in [0.4, 0.5) is 0 Å². The third-order valence-corrected chi connectivity index (χ3v) is 4.44.